The molecule has 1 rings (SSSR count). The zero-order valence-electron chi connectivity index (χ0n) is 9.46. The number of hydrogen-bond acceptors (Lipinski definition) is 2. The van der Waals surface area contributed by atoms with Gasteiger partial charge in [0.2, 0.25) is 0 Å². The lowest BCUT2D eigenvalue weighted by atomic mass is 9.92. The molecule has 0 aliphatic carbocycles. The Bertz CT molecular complexity index is 160. The van der Waals surface area contributed by atoms with Crippen molar-refractivity contribution in [1.29, 1.82) is 0 Å². The van der Waals surface area contributed by atoms with E-state index in [1.54, 1.807) is 0 Å². The van der Waals surface area contributed by atoms with Gasteiger partial charge in [-0.05, 0) is 37.6 Å². The Labute approximate surface area is 87.7 Å². The second-order valence-electron chi connectivity index (χ2n) is 4.81. The molecule has 0 N–H and O–H groups in total. The van der Waals surface area contributed by atoms with Crippen LogP contribution >= 0.6 is 0 Å². The second-order valence-corrected chi connectivity index (χ2v) is 4.81. The van der Waals surface area contributed by atoms with E-state index in [4.69, 9.17) is 0 Å². The molecule has 0 saturated carbocycles. The molecule has 1 heterocycles. The van der Waals surface area contributed by atoms with E-state index in [2.05, 4.69) is 18.7 Å². The number of unbranched alkanes of at least 4 members (excludes halogenated alkanes) is 2. The molecule has 0 aromatic rings. The maximum Gasteiger partial charge on any atom is 0.198 e. The van der Waals surface area contributed by atoms with Gasteiger partial charge >= 0.3 is 0 Å². The van der Waals surface area contributed by atoms with E-state index < -0.39 is 0 Å². The van der Waals surface area contributed by atoms with E-state index >= 15 is 0 Å². The van der Waals surface area contributed by atoms with Gasteiger partial charge in [0.25, 0.3) is 0 Å². The molecule has 2 unspecified atom stereocenters. The summed E-state index contributed by atoms with van der Waals surface area (Å²) in [5.41, 5.74) is 0. The second kappa shape index (κ2) is 6.18. The topological polar surface area (TPSA) is 20.3 Å². The van der Waals surface area contributed by atoms with Crippen molar-refractivity contribution in [3.63, 3.8) is 0 Å². The van der Waals surface area contributed by atoms with E-state index in [1.165, 1.54) is 19.5 Å². The third-order valence-electron chi connectivity index (χ3n) is 2.95. The Morgan fingerprint density at radius 2 is 1.86 bits per heavy atom. The van der Waals surface area contributed by atoms with Crippen LogP contribution in [0.15, 0.2) is 0 Å². The summed E-state index contributed by atoms with van der Waals surface area (Å²) in [5, 5.41) is 0. The first kappa shape index (κ1) is 11.7. The summed E-state index contributed by atoms with van der Waals surface area (Å²) in [6.07, 6.45) is 6.09. The molecule has 0 amide bonds. The maximum absolute atomic E-state index is 10.0. The van der Waals surface area contributed by atoms with Crippen LogP contribution in [0.5, 0.6) is 0 Å². The standard InChI is InChI=1S/C12H22NO/c1-11-8-12(2)10-13(9-11)6-4-3-5-7-14/h11-12H,3-6,8-10H2,1-2H3. The zero-order valence-corrected chi connectivity index (χ0v) is 9.46. The van der Waals surface area contributed by atoms with Gasteiger partial charge in [0.05, 0.1) is 0 Å². The van der Waals surface area contributed by atoms with Gasteiger partial charge in [0.1, 0.15) is 0 Å². The Kier molecular flexibility index (Phi) is 5.16. The Balaban J connectivity index is 2.13. The highest BCUT2D eigenvalue weighted by Gasteiger charge is 2.20. The molecule has 14 heavy (non-hydrogen) atoms. The fraction of sp³-hybridized carbons (Fsp3) is 0.917. The van der Waals surface area contributed by atoms with Crippen molar-refractivity contribution in [3.05, 3.63) is 0 Å². The third-order valence-corrected chi connectivity index (χ3v) is 2.95. The molecule has 2 atom stereocenters. The van der Waals surface area contributed by atoms with Gasteiger partial charge in [-0.2, -0.15) is 0 Å². The molecule has 1 aliphatic heterocycles. The monoisotopic (exact) mass is 196 g/mol. The van der Waals surface area contributed by atoms with Crippen molar-refractivity contribution >= 4 is 6.29 Å². The maximum atomic E-state index is 10.0. The normalized spacial score (nSPS) is 29.0. The molecule has 81 valence electrons. The van der Waals surface area contributed by atoms with E-state index in [0.717, 1.165) is 31.2 Å². The number of carbonyl (C=O) groups excluding carboxylic acids is 1. The minimum atomic E-state index is 0.610. The fourth-order valence-electron chi connectivity index (χ4n) is 2.51. The number of piperidine rings is 1. The van der Waals surface area contributed by atoms with Gasteiger partial charge in [0, 0.05) is 19.5 Å². The summed E-state index contributed by atoms with van der Waals surface area (Å²) in [5.74, 6) is 1.69. The van der Waals surface area contributed by atoms with Crippen LogP contribution in [0, 0.1) is 11.8 Å². The number of rotatable bonds is 5. The van der Waals surface area contributed by atoms with Crippen molar-refractivity contribution in [1.82, 2.24) is 4.90 Å². The average Bonchev–Trinajstić information content (AvgIpc) is 2.11. The number of hydrogen-bond donors (Lipinski definition) is 0. The van der Waals surface area contributed by atoms with Gasteiger partial charge < -0.3 is 4.90 Å². The first-order chi connectivity index (χ1) is 6.72. The predicted octanol–water partition coefficient (Wildman–Crippen LogP) is 2.24. The van der Waals surface area contributed by atoms with Crippen LogP contribution in [0.25, 0.3) is 0 Å². The van der Waals surface area contributed by atoms with E-state index in [1.807, 2.05) is 6.29 Å². The fourth-order valence-corrected chi connectivity index (χ4v) is 2.51. The largest absolute Gasteiger partial charge is 0.303 e. The summed E-state index contributed by atoms with van der Waals surface area (Å²) < 4.78 is 0. The van der Waals surface area contributed by atoms with Gasteiger partial charge in [0.15, 0.2) is 6.29 Å². The molecular formula is C12H22NO. The van der Waals surface area contributed by atoms with Crippen LogP contribution < -0.4 is 0 Å². The van der Waals surface area contributed by atoms with Crippen LogP contribution in [0.1, 0.15) is 39.5 Å². The number of likely N-dealkylation sites (tertiary alicyclic amines) is 1. The van der Waals surface area contributed by atoms with Crippen molar-refractivity contribution < 1.29 is 4.79 Å². The van der Waals surface area contributed by atoms with Crippen molar-refractivity contribution in [2.45, 2.75) is 39.5 Å². The van der Waals surface area contributed by atoms with Crippen LogP contribution in [0.3, 0.4) is 0 Å². The molecule has 1 aliphatic rings. The molecule has 0 spiro atoms. The molecule has 0 aromatic heterocycles. The molecular weight excluding hydrogens is 174 g/mol. The van der Waals surface area contributed by atoms with Crippen LogP contribution in [-0.2, 0) is 4.79 Å². The quantitative estimate of drug-likeness (QED) is 0.629. The summed E-state index contributed by atoms with van der Waals surface area (Å²) in [7, 11) is 0. The Hall–Kier alpha value is -0.370. The number of nitrogens with zero attached hydrogens (tertiary/aromatic N) is 1. The van der Waals surface area contributed by atoms with Crippen LogP contribution in [0.4, 0.5) is 0 Å². The minimum Gasteiger partial charge on any atom is -0.303 e. The van der Waals surface area contributed by atoms with Gasteiger partial charge in [-0.1, -0.05) is 13.8 Å². The molecule has 0 bridgehead atoms. The predicted molar refractivity (Wildman–Crippen MR) is 58.9 cm³/mol. The highest BCUT2D eigenvalue weighted by molar-refractivity contribution is 5.50. The van der Waals surface area contributed by atoms with Crippen molar-refractivity contribution in [2.24, 2.45) is 11.8 Å². The Morgan fingerprint density at radius 3 is 2.43 bits per heavy atom. The lowest BCUT2D eigenvalue weighted by molar-refractivity contribution is 0.139. The van der Waals surface area contributed by atoms with Crippen molar-refractivity contribution in [2.75, 3.05) is 19.6 Å². The third kappa shape index (κ3) is 4.23. The first-order valence-corrected chi connectivity index (χ1v) is 5.79. The van der Waals surface area contributed by atoms with Gasteiger partial charge in [-0.3, -0.25) is 4.79 Å². The van der Waals surface area contributed by atoms with Crippen LogP contribution in [-0.4, -0.2) is 30.8 Å². The average molecular weight is 196 g/mol. The lowest BCUT2D eigenvalue weighted by Crippen LogP contribution is -2.39. The van der Waals surface area contributed by atoms with E-state index in [0.29, 0.717) is 6.42 Å². The molecule has 2 heteroatoms. The molecule has 1 saturated heterocycles. The Morgan fingerprint density at radius 1 is 1.21 bits per heavy atom. The summed E-state index contributed by atoms with van der Waals surface area (Å²) in [6.45, 7) is 8.32. The summed E-state index contributed by atoms with van der Waals surface area (Å²) >= 11 is 0. The van der Waals surface area contributed by atoms with Gasteiger partial charge in [-0.15, -0.1) is 0 Å². The summed E-state index contributed by atoms with van der Waals surface area (Å²) in [6, 6.07) is 0. The minimum absolute atomic E-state index is 0.610. The highest BCUT2D eigenvalue weighted by atomic mass is 16.1. The lowest BCUT2D eigenvalue weighted by Gasteiger charge is -2.34. The highest BCUT2D eigenvalue weighted by Crippen LogP contribution is 2.20. The van der Waals surface area contributed by atoms with E-state index in [-0.39, 0.29) is 0 Å². The molecule has 1 radical (unpaired) electrons. The van der Waals surface area contributed by atoms with Crippen LogP contribution in [0.2, 0.25) is 0 Å². The first-order valence-electron chi connectivity index (χ1n) is 5.79. The van der Waals surface area contributed by atoms with Crippen molar-refractivity contribution in [3.8, 4) is 0 Å². The van der Waals surface area contributed by atoms with E-state index in [9.17, 15) is 4.79 Å². The smallest absolute Gasteiger partial charge is 0.198 e. The SMILES string of the molecule is CC1CC(C)CN(CCCC[C]=O)C1. The zero-order chi connectivity index (χ0) is 10.4. The molecule has 2 nitrogen and oxygen atoms in total. The molecule has 0 aromatic carbocycles. The van der Waals surface area contributed by atoms with Gasteiger partial charge in [-0.25, -0.2) is 0 Å². The summed E-state index contributed by atoms with van der Waals surface area (Å²) in [4.78, 5) is 12.6. The molecule has 1 fully saturated rings.